The smallest absolute Gasteiger partial charge is 0.434 e. The number of ether oxygens (including phenoxy) is 1. The highest BCUT2D eigenvalue weighted by atomic mass is 19.4. The van der Waals surface area contributed by atoms with Crippen LogP contribution in [0.25, 0.3) is 0 Å². The van der Waals surface area contributed by atoms with E-state index >= 15 is 0 Å². The number of hydrogen-bond donors (Lipinski definition) is 1. The minimum atomic E-state index is -5.72. The van der Waals surface area contributed by atoms with Crippen LogP contribution in [-0.4, -0.2) is 42.4 Å². The minimum Gasteiger partial charge on any atom is -0.471 e. The second kappa shape index (κ2) is 9.47. The number of aliphatic hydroxyl groups excluding tert-OH is 1. The quantitative estimate of drug-likeness (QED) is 0.514. The molecule has 2 aromatic rings. The number of hydrogen-bond acceptors (Lipinski definition) is 3. The van der Waals surface area contributed by atoms with Crippen molar-refractivity contribution in [3.05, 3.63) is 59.7 Å². The number of aryl methyl sites for hydroxylation is 1. The summed E-state index contributed by atoms with van der Waals surface area (Å²) in [5.74, 6) is -0.761. The van der Waals surface area contributed by atoms with Gasteiger partial charge in [0, 0.05) is 12.2 Å². The number of halogens is 9. The largest absolute Gasteiger partial charge is 0.471 e. The summed E-state index contributed by atoms with van der Waals surface area (Å²) in [6.07, 6.45) is -23.2. The molecular weight excluding hydrogens is 457 g/mol. The minimum absolute atomic E-state index is 0.0708. The van der Waals surface area contributed by atoms with Gasteiger partial charge in [0.1, 0.15) is 5.75 Å². The number of nitrogens with zero attached hydrogens (tertiary/aromatic N) is 1. The van der Waals surface area contributed by atoms with Crippen LogP contribution in [0.15, 0.2) is 48.5 Å². The third-order valence-corrected chi connectivity index (χ3v) is 4.26. The number of alkyl halides is 9. The lowest BCUT2D eigenvalue weighted by Crippen LogP contribution is -2.46. The Labute approximate surface area is 177 Å². The molecule has 32 heavy (non-hydrogen) atoms. The number of aliphatic hydroxyl groups is 1. The molecule has 0 aliphatic rings. The number of rotatable bonds is 7. The first-order valence-electron chi connectivity index (χ1n) is 9.03. The zero-order valence-corrected chi connectivity index (χ0v) is 16.4. The van der Waals surface area contributed by atoms with Gasteiger partial charge in [-0.3, -0.25) is 0 Å². The fourth-order valence-corrected chi connectivity index (χ4v) is 2.79. The molecule has 0 heterocycles. The van der Waals surface area contributed by atoms with Crippen molar-refractivity contribution in [1.82, 2.24) is 0 Å². The molecule has 12 heteroatoms. The maximum atomic E-state index is 12.9. The van der Waals surface area contributed by atoms with Crippen molar-refractivity contribution >= 4 is 5.69 Å². The van der Waals surface area contributed by atoms with E-state index in [1.165, 1.54) is 18.2 Å². The molecule has 1 atom stereocenters. The maximum absolute atomic E-state index is 12.9. The summed E-state index contributed by atoms with van der Waals surface area (Å²) in [6.45, 7) is 0.410. The number of anilines is 1. The molecule has 0 radical (unpaired) electrons. The zero-order chi connectivity index (χ0) is 24.3. The van der Waals surface area contributed by atoms with Crippen LogP contribution in [0.5, 0.6) is 5.75 Å². The van der Waals surface area contributed by atoms with Gasteiger partial charge >= 0.3 is 18.5 Å². The van der Waals surface area contributed by atoms with Gasteiger partial charge in [-0.25, -0.2) is 0 Å². The molecule has 0 saturated carbocycles. The van der Waals surface area contributed by atoms with E-state index in [1.807, 2.05) is 0 Å². The van der Waals surface area contributed by atoms with Crippen molar-refractivity contribution in [2.75, 3.05) is 11.4 Å². The normalized spacial score (nSPS) is 13.9. The predicted octanol–water partition coefficient (Wildman–Crippen LogP) is 5.80. The lowest BCUT2D eigenvalue weighted by atomic mass is 10.1. The van der Waals surface area contributed by atoms with Crippen LogP contribution in [0.4, 0.5) is 45.2 Å². The van der Waals surface area contributed by atoms with Crippen molar-refractivity contribution < 1.29 is 49.4 Å². The summed E-state index contributed by atoms with van der Waals surface area (Å²) >= 11 is 0. The van der Waals surface area contributed by atoms with E-state index in [-0.39, 0.29) is 17.8 Å². The van der Waals surface area contributed by atoms with Crippen LogP contribution in [0.3, 0.4) is 0 Å². The van der Waals surface area contributed by atoms with Crippen LogP contribution >= 0.6 is 0 Å². The van der Waals surface area contributed by atoms with Crippen LogP contribution in [-0.2, 0) is 6.54 Å². The van der Waals surface area contributed by atoms with Gasteiger partial charge in [0.15, 0.2) is 6.10 Å². The van der Waals surface area contributed by atoms with Crippen molar-refractivity contribution in [3.63, 3.8) is 0 Å². The average Bonchev–Trinajstić information content (AvgIpc) is 2.63. The summed E-state index contributed by atoms with van der Waals surface area (Å²) in [4.78, 5) is 1.11. The highest BCUT2D eigenvalue weighted by Crippen LogP contribution is 2.36. The molecule has 0 saturated heterocycles. The summed E-state index contributed by atoms with van der Waals surface area (Å²) < 4.78 is 119. The van der Waals surface area contributed by atoms with Gasteiger partial charge in [0.2, 0.25) is 0 Å². The van der Waals surface area contributed by atoms with Crippen LogP contribution < -0.4 is 9.64 Å². The van der Waals surface area contributed by atoms with Gasteiger partial charge < -0.3 is 14.7 Å². The van der Waals surface area contributed by atoms with E-state index in [0.29, 0.717) is 5.56 Å². The molecule has 0 unspecified atom stereocenters. The molecule has 0 aliphatic carbocycles. The SMILES string of the molecule is Cc1cccc(N(Cc2cccc(OC(C(F)(F)F)C(F)(F)F)c2)C[C@@H](O)C(F)(F)F)c1. The van der Waals surface area contributed by atoms with Gasteiger partial charge in [0.25, 0.3) is 6.10 Å². The topological polar surface area (TPSA) is 32.7 Å². The van der Waals surface area contributed by atoms with E-state index in [0.717, 1.165) is 23.1 Å². The van der Waals surface area contributed by atoms with E-state index in [1.54, 1.807) is 19.1 Å². The maximum Gasteiger partial charge on any atom is 0.434 e. The second-order valence-electron chi connectivity index (χ2n) is 7.01. The Hall–Kier alpha value is -2.63. The van der Waals surface area contributed by atoms with E-state index < -0.39 is 43.0 Å². The molecule has 0 aliphatic heterocycles. The van der Waals surface area contributed by atoms with Crippen LogP contribution in [0.2, 0.25) is 0 Å². The summed E-state index contributed by atoms with van der Waals surface area (Å²) in [5.41, 5.74) is 1.02. The molecular formula is C20H18F9NO2. The Morgan fingerprint density at radius 2 is 1.44 bits per heavy atom. The molecule has 2 aromatic carbocycles. The van der Waals surface area contributed by atoms with E-state index in [2.05, 4.69) is 4.74 Å². The summed E-state index contributed by atoms with van der Waals surface area (Å²) in [7, 11) is 0. The molecule has 0 spiro atoms. The molecule has 2 rings (SSSR count). The molecule has 0 aromatic heterocycles. The van der Waals surface area contributed by atoms with Crippen molar-refractivity contribution in [3.8, 4) is 5.75 Å². The first-order chi connectivity index (χ1) is 14.6. The monoisotopic (exact) mass is 475 g/mol. The van der Waals surface area contributed by atoms with Crippen LogP contribution in [0, 0.1) is 6.92 Å². The first kappa shape index (κ1) is 25.6. The van der Waals surface area contributed by atoms with Crippen molar-refractivity contribution in [1.29, 1.82) is 0 Å². The Morgan fingerprint density at radius 3 is 1.97 bits per heavy atom. The third kappa shape index (κ3) is 7.21. The summed E-state index contributed by atoms with van der Waals surface area (Å²) in [6, 6.07) is 10.4. The molecule has 0 fully saturated rings. The fourth-order valence-electron chi connectivity index (χ4n) is 2.79. The Balaban J connectivity index is 2.32. The average molecular weight is 475 g/mol. The Morgan fingerprint density at radius 1 is 0.844 bits per heavy atom. The molecule has 0 amide bonds. The zero-order valence-electron chi connectivity index (χ0n) is 16.4. The highest BCUT2D eigenvalue weighted by molar-refractivity contribution is 5.49. The first-order valence-corrected chi connectivity index (χ1v) is 9.03. The second-order valence-corrected chi connectivity index (χ2v) is 7.01. The highest BCUT2D eigenvalue weighted by Gasteiger charge is 2.59. The molecule has 1 N–H and O–H groups in total. The lowest BCUT2D eigenvalue weighted by Gasteiger charge is -2.29. The molecule has 3 nitrogen and oxygen atoms in total. The predicted molar refractivity (Wildman–Crippen MR) is 97.3 cm³/mol. The Bertz CT molecular complexity index is 880. The van der Waals surface area contributed by atoms with Gasteiger partial charge in [-0.2, -0.15) is 39.5 Å². The lowest BCUT2D eigenvalue weighted by molar-refractivity contribution is -0.299. The summed E-state index contributed by atoms with van der Waals surface area (Å²) in [5, 5.41) is 9.48. The number of benzene rings is 2. The fraction of sp³-hybridized carbons (Fsp3) is 0.400. The standard InChI is InChI=1S/C20H18F9NO2/c1-12-4-2-6-14(8-12)30(11-16(31)18(21,22)23)10-13-5-3-7-15(9-13)32-17(19(24,25)26)20(27,28)29/h2-9,16-17,31H,10-11H2,1H3/t16-/m1/s1. The third-order valence-electron chi connectivity index (χ3n) is 4.26. The van der Waals surface area contributed by atoms with Gasteiger partial charge in [-0.05, 0) is 42.3 Å². The van der Waals surface area contributed by atoms with E-state index in [4.69, 9.17) is 0 Å². The van der Waals surface area contributed by atoms with E-state index in [9.17, 15) is 44.6 Å². The van der Waals surface area contributed by atoms with Crippen LogP contribution in [0.1, 0.15) is 11.1 Å². The van der Waals surface area contributed by atoms with Gasteiger partial charge in [-0.1, -0.05) is 24.3 Å². The van der Waals surface area contributed by atoms with Crippen molar-refractivity contribution in [2.45, 2.75) is 44.2 Å². The van der Waals surface area contributed by atoms with Crippen molar-refractivity contribution in [2.24, 2.45) is 0 Å². The van der Waals surface area contributed by atoms with Gasteiger partial charge in [-0.15, -0.1) is 0 Å². The Kier molecular flexibility index (Phi) is 7.59. The molecule has 0 bridgehead atoms. The van der Waals surface area contributed by atoms with Gasteiger partial charge in [0.05, 0.1) is 6.54 Å². The molecule has 178 valence electrons.